The van der Waals surface area contributed by atoms with Crippen LogP contribution in [0, 0.1) is 5.92 Å². The minimum Gasteiger partial charge on any atom is -0.492 e. The van der Waals surface area contributed by atoms with Crippen LogP contribution in [0.4, 0.5) is 0 Å². The number of ether oxygens (including phenoxy) is 2. The number of rotatable bonds is 6. The van der Waals surface area contributed by atoms with Gasteiger partial charge in [0.25, 0.3) is 0 Å². The summed E-state index contributed by atoms with van der Waals surface area (Å²) in [6.07, 6.45) is 2.19. The van der Waals surface area contributed by atoms with Crippen LogP contribution in [0.5, 0.6) is 11.5 Å². The standard InChI is InChI=1S/C15H20Br2O2/c1-5-19-14-8-11(6-12(9-16)10(2)3)7-13(17)15(14)18-4/h6-8,10H,5,9H2,1-4H3. The molecule has 0 N–H and O–H groups in total. The van der Waals surface area contributed by atoms with Crippen molar-refractivity contribution in [3.05, 3.63) is 27.7 Å². The van der Waals surface area contributed by atoms with Crippen LogP contribution < -0.4 is 9.47 Å². The van der Waals surface area contributed by atoms with Gasteiger partial charge in [0.05, 0.1) is 18.2 Å². The Morgan fingerprint density at radius 3 is 2.53 bits per heavy atom. The van der Waals surface area contributed by atoms with E-state index in [1.54, 1.807) is 7.11 Å². The lowest BCUT2D eigenvalue weighted by molar-refractivity contribution is 0.310. The lowest BCUT2D eigenvalue weighted by atomic mass is 10.0. The molecule has 4 heteroatoms. The largest absolute Gasteiger partial charge is 0.492 e. The van der Waals surface area contributed by atoms with E-state index in [9.17, 15) is 0 Å². The molecule has 0 fully saturated rings. The van der Waals surface area contributed by atoms with Crippen molar-refractivity contribution in [2.24, 2.45) is 5.92 Å². The summed E-state index contributed by atoms with van der Waals surface area (Å²) in [4.78, 5) is 0. The quantitative estimate of drug-likeness (QED) is 0.613. The predicted molar refractivity (Wildman–Crippen MR) is 88.5 cm³/mol. The van der Waals surface area contributed by atoms with Gasteiger partial charge in [0, 0.05) is 5.33 Å². The Kier molecular flexibility index (Phi) is 6.94. The van der Waals surface area contributed by atoms with Crippen molar-refractivity contribution in [2.75, 3.05) is 19.0 Å². The monoisotopic (exact) mass is 390 g/mol. The molecular weight excluding hydrogens is 372 g/mol. The molecule has 0 saturated heterocycles. The number of allylic oxidation sites excluding steroid dienone is 1. The highest BCUT2D eigenvalue weighted by molar-refractivity contribution is 9.10. The smallest absolute Gasteiger partial charge is 0.174 e. The van der Waals surface area contributed by atoms with Gasteiger partial charge in [0.2, 0.25) is 0 Å². The average Bonchev–Trinajstić information content (AvgIpc) is 2.35. The highest BCUT2D eigenvalue weighted by Gasteiger charge is 2.11. The number of hydrogen-bond donors (Lipinski definition) is 0. The first-order valence-electron chi connectivity index (χ1n) is 6.30. The maximum absolute atomic E-state index is 5.63. The molecule has 0 aromatic heterocycles. The molecule has 0 amide bonds. The van der Waals surface area contributed by atoms with Crippen molar-refractivity contribution in [2.45, 2.75) is 20.8 Å². The van der Waals surface area contributed by atoms with Crippen LogP contribution in [0.2, 0.25) is 0 Å². The molecule has 1 rings (SSSR count). The van der Waals surface area contributed by atoms with E-state index in [4.69, 9.17) is 9.47 Å². The fraction of sp³-hybridized carbons (Fsp3) is 0.467. The zero-order chi connectivity index (χ0) is 14.4. The first kappa shape index (κ1) is 16.6. The summed E-state index contributed by atoms with van der Waals surface area (Å²) in [5.74, 6) is 2.02. The topological polar surface area (TPSA) is 18.5 Å². The summed E-state index contributed by atoms with van der Waals surface area (Å²) in [7, 11) is 1.65. The van der Waals surface area contributed by atoms with E-state index >= 15 is 0 Å². The zero-order valence-electron chi connectivity index (χ0n) is 11.8. The lowest BCUT2D eigenvalue weighted by Crippen LogP contribution is -1.98. The second-order valence-corrected chi connectivity index (χ2v) is 5.89. The summed E-state index contributed by atoms with van der Waals surface area (Å²) in [5, 5.41) is 0.873. The van der Waals surface area contributed by atoms with Gasteiger partial charge in [-0.15, -0.1) is 0 Å². The van der Waals surface area contributed by atoms with E-state index < -0.39 is 0 Å². The second kappa shape index (κ2) is 7.95. The number of hydrogen-bond acceptors (Lipinski definition) is 2. The molecule has 1 aromatic rings. The Morgan fingerprint density at radius 2 is 2.05 bits per heavy atom. The van der Waals surface area contributed by atoms with Gasteiger partial charge in [-0.2, -0.15) is 0 Å². The van der Waals surface area contributed by atoms with Gasteiger partial charge < -0.3 is 9.47 Å². The first-order valence-corrected chi connectivity index (χ1v) is 8.21. The minimum absolute atomic E-state index is 0.510. The Hall–Kier alpha value is -0.480. The maximum atomic E-state index is 5.63. The molecule has 0 saturated carbocycles. The van der Waals surface area contributed by atoms with Crippen LogP contribution in [0.3, 0.4) is 0 Å². The van der Waals surface area contributed by atoms with Gasteiger partial charge in [-0.25, -0.2) is 0 Å². The zero-order valence-corrected chi connectivity index (χ0v) is 15.0. The maximum Gasteiger partial charge on any atom is 0.174 e. The first-order chi connectivity index (χ1) is 9.03. The highest BCUT2D eigenvalue weighted by Crippen LogP contribution is 2.37. The molecule has 1 aromatic carbocycles. The summed E-state index contributed by atoms with van der Waals surface area (Å²) in [6, 6.07) is 4.06. The number of halogens is 2. The van der Waals surface area contributed by atoms with Gasteiger partial charge in [0.15, 0.2) is 11.5 Å². The van der Waals surface area contributed by atoms with Crippen LogP contribution >= 0.6 is 31.9 Å². The van der Waals surface area contributed by atoms with Gasteiger partial charge >= 0.3 is 0 Å². The van der Waals surface area contributed by atoms with Crippen molar-refractivity contribution in [3.63, 3.8) is 0 Å². The number of benzene rings is 1. The number of methoxy groups -OCH3 is 1. The van der Waals surface area contributed by atoms with Crippen LogP contribution in [0.25, 0.3) is 6.08 Å². The van der Waals surface area contributed by atoms with Gasteiger partial charge in [-0.3, -0.25) is 0 Å². The molecule has 0 heterocycles. The molecule has 0 spiro atoms. The van der Waals surface area contributed by atoms with E-state index in [1.807, 2.05) is 19.1 Å². The molecule has 0 bridgehead atoms. The Morgan fingerprint density at radius 1 is 1.37 bits per heavy atom. The Balaban J connectivity index is 3.23. The highest BCUT2D eigenvalue weighted by atomic mass is 79.9. The summed E-state index contributed by atoms with van der Waals surface area (Å²) < 4.78 is 11.9. The summed E-state index contributed by atoms with van der Waals surface area (Å²) in [6.45, 7) is 6.96. The van der Waals surface area contributed by atoms with Gasteiger partial charge in [-0.05, 0) is 46.5 Å². The van der Waals surface area contributed by atoms with E-state index in [0.717, 1.165) is 26.9 Å². The third kappa shape index (κ3) is 4.53. The average molecular weight is 392 g/mol. The van der Waals surface area contributed by atoms with E-state index in [1.165, 1.54) is 5.57 Å². The van der Waals surface area contributed by atoms with Crippen LogP contribution in [0.15, 0.2) is 22.2 Å². The van der Waals surface area contributed by atoms with E-state index in [0.29, 0.717) is 12.5 Å². The summed E-state index contributed by atoms with van der Waals surface area (Å²) >= 11 is 7.06. The van der Waals surface area contributed by atoms with Crippen molar-refractivity contribution in [1.82, 2.24) is 0 Å². The molecule has 0 atom stereocenters. The predicted octanol–water partition coefficient (Wildman–Crippen LogP) is 5.29. The van der Waals surface area contributed by atoms with E-state index in [2.05, 4.69) is 51.8 Å². The third-order valence-corrected chi connectivity index (χ3v) is 4.02. The van der Waals surface area contributed by atoms with Crippen molar-refractivity contribution < 1.29 is 9.47 Å². The molecular formula is C15H20Br2O2. The molecule has 2 nitrogen and oxygen atoms in total. The lowest BCUT2D eigenvalue weighted by Gasteiger charge is -2.13. The Bertz CT molecular complexity index is 454. The molecule has 0 aliphatic rings. The summed E-state index contributed by atoms with van der Waals surface area (Å²) in [5.41, 5.74) is 2.46. The fourth-order valence-electron chi connectivity index (χ4n) is 1.71. The van der Waals surface area contributed by atoms with Crippen molar-refractivity contribution in [3.8, 4) is 11.5 Å². The van der Waals surface area contributed by atoms with Gasteiger partial charge in [0.1, 0.15) is 0 Å². The third-order valence-electron chi connectivity index (χ3n) is 2.78. The van der Waals surface area contributed by atoms with Crippen molar-refractivity contribution >= 4 is 37.9 Å². The van der Waals surface area contributed by atoms with Crippen LogP contribution in [-0.2, 0) is 0 Å². The van der Waals surface area contributed by atoms with E-state index in [-0.39, 0.29) is 0 Å². The van der Waals surface area contributed by atoms with Crippen LogP contribution in [-0.4, -0.2) is 19.0 Å². The minimum atomic E-state index is 0.510. The molecule has 0 aliphatic heterocycles. The van der Waals surface area contributed by atoms with Crippen molar-refractivity contribution in [1.29, 1.82) is 0 Å². The van der Waals surface area contributed by atoms with Crippen LogP contribution in [0.1, 0.15) is 26.3 Å². The second-order valence-electron chi connectivity index (χ2n) is 4.47. The molecule has 0 radical (unpaired) electrons. The fourth-order valence-corrected chi connectivity index (χ4v) is 3.14. The van der Waals surface area contributed by atoms with Gasteiger partial charge in [-0.1, -0.05) is 41.4 Å². The normalized spacial score (nSPS) is 11.8. The molecule has 0 unspecified atom stereocenters. The molecule has 19 heavy (non-hydrogen) atoms. The molecule has 0 aliphatic carbocycles. The SMILES string of the molecule is CCOc1cc(C=C(CBr)C(C)C)cc(Br)c1OC. The number of alkyl halides is 1. The Labute approximate surface area is 132 Å². The molecule has 106 valence electrons.